The molecule has 0 saturated carbocycles. The van der Waals surface area contributed by atoms with Crippen molar-refractivity contribution in [3.63, 3.8) is 0 Å². The summed E-state index contributed by atoms with van der Waals surface area (Å²) in [5.74, 6) is 0.483. The zero-order valence-corrected chi connectivity index (χ0v) is 17.9. The molecule has 0 atom stereocenters. The quantitative estimate of drug-likeness (QED) is 0.488. The molecular weight excluding hydrogens is 443 g/mol. The number of anilines is 1. The van der Waals surface area contributed by atoms with Crippen LogP contribution in [-0.4, -0.2) is 26.4 Å². The van der Waals surface area contributed by atoms with Crippen molar-refractivity contribution in [1.29, 1.82) is 0 Å². The Morgan fingerprint density at radius 1 is 1.21 bits per heavy atom. The molecule has 8 heteroatoms. The largest absolute Gasteiger partial charge is 0.325 e. The first-order chi connectivity index (χ1) is 13.4. The van der Waals surface area contributed by atoms with E-state index in [4.69, 9.17) is 0 Å². The van der Waals surface area contributed by atoms with Crippen LogP contribution < -0.4 is 5.32 Å². The van der Waals surface area contributed by atoms with Crippen molar-refractivity contribution in [1.82, 2.24) is 14.8 Å². The Hall–Kier alpha value is -2.19. The molecule has 0 bridgehead atoms. The lowest BCUT2D eigenvalue weighted by Crippen LogP contribution is -2.15. The summed E-state index contributed by atoms with van der Waals surface area (Å²) in [6, 6.07) is 13.9. The second kappa shape index (κ2) is 9.34. The second-order valence-electron chi connectivity index (χ2n) is 6.64. The third-order valence-electron chi connectivity index (χ3n) is 3.82. The lowest BCUT2D eigenvalue weighted by Gasteiger charge is -2.13. The Balaban J connectivity index is 1.76. The number of benzene rings is 2. The average molecular weight is 463 g/mol. The number of nitrogens with zero attached hydrogens (tertiary/aromatic N) is 3. The van der Waals surface area contributed by atoms with Gasteiger partial charge in [-0.3, -0.25) is 4.79 Å². The minimum Gasteiger partial charge on any atom is -0.325 e. The first kappa shape index (κ1) is 20.5. The summed E-state index contributed by atoms with van der Waals surface area (Å²) >= 11 is 4.67. The van der Waals surface area contributed by atoms with Gasteiger partial charge in [0.2, 0.25) is 5.91 Å². The maximum atomic E-state index is 14.2. The van der Waals surface area contributed by atoms with E-state index < -0.39 is 0 Å². The fraction of sp³-hybridized carbons (Fsp3) is 0.250. The molecule has 1 amide bonds. The molecule has 2 aromatic carbocycles. The Kier molecular flexibility index (Phi) is 6.85. The van der Waals surface area contributed by atoms with Crippen LogP contribution in [0.4, 0.5) is 10.1 Å². The molecule has 0 aliphatic heterocycles. The monoisotopic (exact) mass is 462 g/mol. The molecule has 1 aromatic heterocycles. The van der Waals surface area contributed by atoms with Crippen LogP contribution in [0.3, 0.4) is 0 Å². The molecule has 0 spiro atoms. The van der Waals surface area contributed by atoms with E-state index in [1.54, 1.807) is 18.2 Å². The summed E-state index contributed by atoms with van der Waals surface area (Å²) in [6.45, 7) is 4.77. The highest BCUT2D eigenvalue weighted by atomic mass is 79.9. The number of carbonyl (C=O) groups is 1. The van der Waals surface area contributed by atoms with Gasteiger partial charge in [-0.05, 0) is 36.2 Å². The Labute approximate surface area is 175 Å². The van der Waals surface area contributed by atoms with Crippen LogP contribution in [0.2, 0.25) is 0 Å². The number of halogens is 2. The summed E-state index contributed by atoms with van der Waals surface area (Å²) in [7, 11) is 0. The number of amides is 1. The van der Waals surface area contributed by atoms with Gasteiger partial charge in [0.15, 0.2) is 11.0 Å². The summed E-state index contributed by atoms with van der Waals surface area (Å²) in [5.41, 5.74) is 1.12. The lowest BCUT2D eigenvalue weighted by atomic mass is 10.2. The van der Waals surface area contributed by atoms with Gasteiger partial charge in [-0.2, -0.15) is 0 Å². The van der Waals surface area contributed by atoms with Crippen LogP contribution in [-0.2, 0) is 11.3 Å². The average Bonchev–Trinajstić information content (AvgIpc) is 3.02. The van der Waals surface area contributed by atoms with E-state index in [9.17, 15) is 9.18 Å². The molecule has 1 heterocycles. The summed E-state index contributed by atoms with van der Waals surface area (Å²) in [4.78, 5) is 12.3. The van der Waals surface area contributed by atoms with E-state index in [1.165, 1.54) is 17.8 Å². The first-order valence-electron chi connectivity index (χ1n) is 8.80. The number of hydrogen-bond acceptors (Lipinski definition) is 4. The van der Waals surface area contributed by atoms with Gasteiger partial charge in [0.05, 0.1) is 11.3 Å². The van der Waals surface area contributed by atoms with Gasteiger partial charge in [0, 0.05) is 16.7 Å². The van der Waals surface area contributed by atoms with E-state index in [0.29, 0.717) is 29.0 Å². The van der Waals surface area contributed by atoms with Crippen molar-refractivity contribution in [2.75, 3.05) is 11.1 Å². The SMILES string of the molecule is CC(C)Cn1c(SCC(=O)Nc2cccc(Br)c2)nnc1-c1ccccc1F. The zero-order chi connectivity index (χ0) is 20.1. The van der Waals surface area contributed by atoms with Gasteiger partial charge < -0.3 is 9.88 Å². The van der Waals surface area contributed by atoms with E-state index in [0.717, 1.165) is 10.2 Å². The normalized spacial score (nSPS) is 11.0. The number of hydrogen-bond donors (Lipinski definition) is 1. The fourth-order valence-electron chi connectivity index (χ4n) is 2.66. The summed E-state index contributed by atoms with van der Waals surface area (Å²) < 4.78 is 17.0. The van der Waals surface area contributed by atoms with Crippen LogP contribution in [0.5, 0.6) is 0 Å². The maximum absolute atomic E-state index is 14.2. The molecular formula is C20H20BrFN4OS. The summed E-state index contributed by atoms with van der Waals surface area (Å²) in [5, 5.41) is 11.8. The van der Waals surface area contributed by atoms with Gasteiger partial charge in [-0.1, -0.05) is 59.7 Å². The Morgan fingerprint density at radius 3 is 2.71 bits per heavy atom. The number of carbonyl (C=O) groups excluding carboxylic acids is 1. The highest BCUT2D eigenvalue weighted by Gasteiger charge is 2.18. The molecule has 28 heavy (non-hydrogen) atoms. The van der Waals surface area contributed by atoms with E-state index >= 15 is 0 Å². The zero-order valence-electron chi connectivity index (χ0n) is 15.5. The standard InChI is InChI=1S/C20H20BrFN4OS/c1-13(2)11-26-19(16-8-3-4-9-17(16)22)24-25-20(26)28-12-18(27)23-15-7-5-6-14(21)10-15/h3-10,13H,11-12H2,1-2H3,(H,23,27). The van der Waals surface area contributed by atoms with Crippen LogP contribution in [0.1, 0.15) is 13.8 Å². The number of aromatic nitrogens is 3. The molecule has 146 valence electrons. The number of nitrogens with one attached hydrogen (secondary N) is 1. The second-order valence-corrected chi connectivity index (χ2v) is 8.50. The van der Waals surface area contributed by atoms with Crippen LogP contribution in [0, 0.1) is 11.7 Å². The van der Waals surface area contributed by atoms with Crippen molar-refractivity contribution < 1.29 is 9.18 Å². The molecule has 0 aliphatic carbocycles. The van der Waals surface area contributed by atoms with Crippen LogP contribution in [0.25, 0.3) is 11.4 Å². The molecule has 0 aliphatic rings. The molecule has 3 aromatic rings. The lowest BCUT2D eigenvalue weighted by molar-refractivity contribution is -0.113. The molecule has 0 fully saturated rings. The van der Waals surface area contributed by atoms with E-state index in [-0.39, 0.29) is 17.5 Å². The minimum absolute atomic E-state index is 0.144. The van der Waals surface area contributed by atoms with Crippen molar-refractivity contribution in [3.8, 4) is 11.4 Å². The third-order valence-corrected chi connectivity index (χ3v) is 5.28. The van der Waals surface area contributed by atoms with Crippen molar-refractivity contribution >= 4 is 39.3 Å². The molecule has 0 radical (unpaired) electrons. The van der Waals surface area contributed by atoms with E-state index in [1.807, 2.05) is 28.8 Å². The molecule has 1 N–H and O–H groups in total. The predicted octanol–water partition coefficient (Wildman–Crippen LogP) is 5.23. The van der Waals surface area contributed by atoms with Gasteiger partial charge in [-0.15, -0.1) is 10.2 Å². The topological polar surface area (TPSA) is 59.8 Å². The van der Waals surface area contributed by atoms with Crippen molar-refractivity contribution in [3.05, 3.63) is 58.8 Å². The molecule has 0 saturated heterocycles. The van der Waals surface area contributed by atoms with Gasteiger partial charge in [-0.25, -0.2) is 4.39 Å². The molecule has 5 nitrogen and oxygen atoms in total. The Morgan fingerprint density at radius 2 is 2.00 bits per heavy atom. The smallest absolute Gasteiger partial charge is 0.234 e. The van der Waals surface area contributed by atoms with E-state index in [2.05, 4.69) is 45.3 Å². The Bertz CT molecular complexity index is 976. The van der Waals surface area contributed by atoms with Gasteiger partial charge in [0.25, 0.3) is 0 Å². The predicted molar refractivity (Wildman–Crippen MR) is 114 cm³/mol. The number of thioether (sulfide) groups is 1. The highest BCUT2D eigenvalue weighted by molar-refractivity contribution is 9.10. The van der Waals surface area contributed by atoms with Crippen LogP contribution in [0.15, 0.2) is 58.2 Å². The van der Waals surface area contributed by atoms with Gasteiger partial charge in [0.1, 0.15) is 5.82 Å². The third kappa shape index (κ3) is 5.20. The van der Waals surface area contributed by atoms with Crippen LogP contribution >= 0.6 is 27.7 Å². The maximum Gasteiger partial charge on any atom is 0.234 e. The van der Waals surface area contributed by atoms with Gasteiger partial charge >= 0.3 is 0 Å². The highest BCUT2D eigenvalue weighted by Crippen LogP contribution is 2.27. The van der Waals surface area contributed by atoms with Crippen molar-refractivity contribution in [2.24, 2.45) is 5.92 Å². The minimum atomic E-state index is -0.344. The fourth-order valence-corrected chi connectivity index (χ4v) is 3.81. The first-order valence-corrected chi connectivity index (χ1v) is 10.6. The van der Waals surface area contributed by atoms with Crippen molar-refractivity contribution in [2.45, 2.75) is 25.5 Å². The molecule has 3 rings (SSSR count). The number of rotatable bonds is 7. The summed E-state index contributed by atoms with van der Waals surface area (Å²) in [6.07, 6.45) is 0. The molecule has 0 unspecified atom stereocenters.